The minimum Gasteiger partial charge on any atom is -0.396 e. The van der Waals surface area contributed by atoms with E-state index in [1.807, 2.05) is 0 Å². The second-order valence-corrected chi connectivity index (χ2v) is 3.96. The molecular formula is C10H19NO3. The highest BCUT2D eigenvalue weighted by Gasteiger charge is 2.22. The van der Waals surface area contributed by atoms with Crippen molar-refractivity contribution in [3.63, 3.8) is 0 Å². The first-order chi connectivity index (χ1) is 6.72. The predicted molar refractivity (Wildman–Crippen MR) is 52.7 cm³/mol. The van der Waals surface area contributed by atoms with Crippen LogP contribution in [0, 0.1) is 5.92 Å². The topological polar surface area (TPSA) is 69.6 Å². The van der Waals surface area contributed by atoms with Crippen LogP contribution in [0.2, 0.25) is 0 Å². The molecule has 0 aromatic rings. The van der Waals surface area contributed by atoms with Crippen molar-refractivity contribution in [3.05, 3.63) is 0 Å². The summed E-state index contributed by atoms with van der Waals surface area (Å²) in [5, 5.41) is 20.6. The van der Waals surface area contributed by atoms with Gasteiger partial charge in [-0.1, -0.05) is 0 Å². The van der Waals surface area contributed by atoms with Gasteiger partial charge in [-0.05, 0) is 31.6 Å². The van der Waals surface area contributed by atoms with Gasteiger partial charge < -0.3 is 15.5 Å². The van der Waals surface area contributed by atoms with Crippen molar-refractivity contribution in [2.45, 2.75) is 38.2 Å². The lowest BCUT2D eigenvalue weighted by atomic mass is 10.1. The number of carbonyl (C=O) groups excluding carboxylic acids is 1. The molecule has 1 saturated carbocycles. The normalized spacial score (nSPS) is 26.4. The van der Waals surface area contributed by atoms with Crippen LogP contribution in [0.5, 0.6) is 0 Å². The van der Waals surface area contributed by atoms with E-state index in [0.29, 0.717) is 25.3 Å². The fourth-order valence-corrected chi connectivity index (χ4v) is 1.82. The molecule has 0 bridgehead atoms. The van der Waals surface area contributed by atoms with Crippen LogP contribution in [0.3, 0.4) is 0 Å². The Labute approximate surface area is 84.3 Å². The maximum absolute atomic E-state index is 11.2. The maximum Gasteiger partial charge on any atom is 0.220 e. The van der Waals surface area contributed by atoms with E-state index in [1.165, 1.54) is 0 Å². The molecule has 1 fully saturated rings. The van der Waals surface area contributed by atoms with Gasteiger partial charge in [-0.25, -0.2) is 0 Å². The first-order valence-corrected chi connectivity index (χ1v) is 5.28. The van der Waals surface area contributed by atoms with Crippen molar-refractivity contribution in [2.24, 2.45) is 5.92 Å². The van der Waals surface area contributed by atoms with Crippen LogP contribution in [0.15, 0.2) is 0 Å². The van der Waals surface area contributed by atoms with Gasteiger partial charge >= 0.3 is 0 Å². The lowest BCUT2D eigenvalue weighted by molar-refractivity contribution is -0.121. The minimum absolute atomic E-state index is 0.000407. The Morgan fingerprint density at radius 2 is 2.21 bits per heavy atom. The Bertz CT molecular complexity index is 184. The number of rotatable bonds is 5. The highest BCUT2D eigenvalue weighted by atomic mass is 16.3. The van der Waals surface area contributed by atoms with Crippen LogP contribution >= 0.6 is 0 Å². The Balaban J connectivity index is 2.05. The van der Waals surface area contributed by atoms with Gasteiger partial charge in [0.05, 0.1) is 6.10 Å². The molecule has 0 aliphatic heterocycles. The SMILES string of the molecule is O=C(CCCO)NCC1CCC(O)C1. The van der Waals surface area contributed by atoms with Crippen molar-refractivity contribution in [2.75, 3.05) is 13.2 Å². The molecule has 1 amide bonds. The molecule has 2 unspecified atom stereocenters. The number of nitrogens with one attached hydrogen (secondary N) is 1. The summed E-state index contributed by atoms with van der Waals surface area (Å²) in [5.74, 6) is 0.434. The second kappa shape index (κ2) is 5.98. The fourth-order valence-electron chi connectivity index (χ4n) is 1.82. The molecule has 0 spiro atoms. The summed E-state index contributed by atoms with van der Waals surface area (Å²) in [6.07, 6.45) is 3.42. The van der Waals surface area contributed by atoms with Crippen molar-refractivity contribution in [1.29, 1.82) is 0 Å². The largest absolute Gasteiger partial charge is 0.396 e. The first kappa shape index (κ1) is 11.5. The van der Waals surface area contributed by atoms with Crippen LogP contribution in [-0.4, -0.2) is 35.4 Å². The van der Waals surface area contributed by atoms with Crippen LogP contribution in [0.1, 0.15) is 32.1 Å². The van der Waals surface area contributed by atoms with Crippen LogP contribution in [0.25, 0.3) is 0 Å². The zero-order valence-corrected chi connectivity index (χ0v) is 8.41. The molecule has 14 heavy (non-hydrogen) atoms. The number of aliphatic hydroxyl groups is 2. The molecule has 0 heterocycles. The number of aliphatic hydroxyl groups excluding tert-OH is 2. The van der Waals surface area contributed by atoms with Crippen molar-refractivity contribution in [1.82, 2.24) is 5.32 Å². The molecular weight excluding hydrogens is 182 g/mol. The summed E-state index contributed by atoms with van der Waals surface area (Å²) < 4.78 is 0. The zero-order valence-electron chi connectivity index (χ0n) is 8.41. The standard InChI is InChI=1S/C10H19NO3/c12-5-1-2-10(14)11-7-8-3-4-9(13)6-8/h8-9,12-13H,1-7H2,(H,11,14). The molecule has 4 nitrogen and oxygen atoms in total. The van der Waals surface area contributed by atoms with Crippen LogP contribution in [0.4, 0.5) is 0 Å². The molecule has 2 atom stereocenters. The third kappa shape index (κ3) is 4.07. The van der Waals surface area contributed by atoms with Crippen molar-refractivity contribution < 1.29 is 15.0 Å². The molecule has 0 aromatic heterocycles. The molecule has 0 aromatic carbocycles. The van der Waals surface area contributed by atoms with Gasteiger partial charge in [-0.15, -0.1) is 0 Å². The zero-order chi connectivity index (χ0) is 10.4. The highest BCUT2D eigenvalue weighted by molar-refractivity contribution is 5.75. The van der Waals surface area contributed by atoms with Gasteiger partial charge in [-0.2, -0.15) is 0 Å². The summed E-state index contributed by atoms with van der Waals surface area (Å²) in [5.41, 5.74) is 0. The lowest BCUT2D eigenvalue weighted by Crippen LogP contribution is -2.28. The van der Waals surface area contributed by atoms with E-state index in [4.69, 9.17) is 5.11 Å². The number of amides is 1. The quantitative estimate of drug-likeness (QED) is 0.588. The van der Waals surface area contributed by atoms with E-state index in [2.05, 4.69) is 5.32 Å². The van der Waals surface area contributed by atoms with Crippen molar-refractivity contribution in [3.8, 4) is 0 Å². The van der Waals surface area contributed by atoms with Gasteiger partial charge in [0, 0.05) is 19.6 Å². The molecule has 1 aliphatic rings. The summed E-state index contributed by atoms with van der Waals surface area (Å²) in [7, 11) is 0. The van der Waals surface area contributed by atoms with Gasteiger partial charge in [-0.3, -0.25) is 4.79 Å². The minimum atomic E-state index is -0.172. The van der Waals surface area contributed by atoms with E-state index in [1.54, 1.807) is 0 Å². The van der Waals surface area contributed by atoms with Gasteiger partial charge in [0.15, 0.2) is 0 Å². The van der Waals surface area contributed by atoms with E-state index < -0.39 is 0 Å². The third-order valence-electron chi connectivity index (χ3n) is 2.66. The summed E-state index contributed by atoms with van der Waals surface area (Å²) >= 11 is 0. The van der Waals surface area contributed by atoms with Crippen LogP contribution in [-0.2, 0) is 4.79 Å². The van der Waals surface area contributed by atoms with E-state index >= 15 is 0 Å². The maximum atomic E-state index is 11.2. The van der Waals surface area contributed by atoms with E-state index in [0.717, 1.165) is 19.3 Å². The summed E-state index contributed by atoms with van der Waals surface area (Å²) in [6.45, 7) is 0.733. The Morgan fingerprint density at radius 1 is 1.43 bits per heavy atom. The Hall–Kier alpha value is -0.610. The van der Waals surface area contributed by atoms with E-state index in [-0.39, 0.29) is 18.6 Å². The third-order valence-corrected chi connectivity index (χ3v) is 2.66. The fraction of sp³-hybridized carbons (Fsp3) is 0.900. The van der Waals surface area contributed by atoms with Crippen molar-refractivity contribution >= 4 is 5.91 Å². The first-order valence-electron chi connectivity index (χ1n) is 5.28. The number of hydrogen-bond acceptors (Lipinski definition) is 3. The Kier molecular flexibility index (Phi) is 4.90. The molecule has 82 valence electrons. The Morgan fingerprint density at radius 3 is 2.79 bits per heavy atom. The van der Waals surface area contributed by atoms with Gasteiger partial charge in [0.25, 0.3) is 0 Å². The summed E-state index contributed by atoms with van der Waals surface area (Å²) in [6, 6.07) is 0. The highest BCUT2D eigenvalue weighted by Crippen LogP contribution is 2.24. The number of carbonyl (C=O) groups is 1. The molecule has 0 saturated heterocycles. The average Bonchev–Trinajstić information content (AvgIpc) is 2.58. The number of hydrogen-bond donors (Lipinski definition) is 3. The van der Waals surface area contributed by atoms with Gasteiger partial charge in [0.1, 0.15) is 0 Å². The average molecular weight is 201 g/mol. The van der Waals surface area contributed by atoms with E-state index in [9.17, 15) is 9.90 Å². The predicted octanol–water partition coefficient (Wildman–Crippen LogP) is 0.0361. The molecule has 4 heteroatoms. The molecule has 0 radical (unpaired) electrons. The smallest absolute Gasteiger partial charge is 0.220 e. The monoisotopic (exact) mass is 201 g/mol. The molecule has 3 N–H and O–H groups in total. The van der Waals surface area contributed by atoms with Crippen LogP contribution < -0.4 is 5.32 Å². The molecule has 1 rings (SSSR count). The molecule has 1 aliphatic carbocycles. The van der Waals surface area contributed by atoms with Gasteiger partial charge in [0.2, 0.25) is 5.91 Å². The summed E-state index contributed by atoms with van der Waals surface area (Å²) in [4.78, 5) is 11.2. The lowest BCUT2D eigenvalue weighted by Gasteiger charge is -2.10. The second-order valence-electron chi connectivity index (χ2n) is 3.96.